The zero-order valence-electron chi connectivity index (χ0n) is 17.3. The van der Waals surface area contributed by atoms with E-state index in [1.54, 1.807) is 17.9 Å². The Morgan fingerprint density at radius 1 is 1.10 bits per heavy atom. The topological polar surface area (TPSA) is 83.2 Å². The highest BCUT2D eigenvalue weighted by molar-refractivity contribution is 6.11. The molecule has 0 bridgehead atoms. The second-order valence-electron chi connectivity index (χ2n) is 7.41. The second kappa shape index (κ2) is 7.74. The molecule has 0 unspecified atom stereocenters. The van der Waals surface area contributed by atoms with Crippen LogP contribution in [0.4, 0.5) is 5.69 Å². The highest BCUT2D eigenvalue weighted by Crippen LogP contribution is 2.40. The van der Waals surface area contributed by atoms with Gasteiger partial charge in [0.05, 0.1) is 7.11 Å². The maximum Gasteiger partial charge on any atom is 0.290 e. The monoisotopic (exact) mass is 408 g/mol. The molecular weight excluding hydrogens is 384 g/mol. The SMILES string of the molecule is COc1cc2c(C)c(C(=O)N3CCN(c4ccccc4)CC3)oc2c(C(C)=O)c1O. The van der Waals surface area contributed by atoms with E-state index in [2.05, 4.69) is 17.0 Å². The number of carbonyl (C=O) groups excluding carboxylic acids is 2. The first kappa shape index (κ1) is 19.8. The van der Waals surface area contributed by atoms with Gasteiger partial charge in [-0.1, -0.05) is 18.2 Å². The van der Waals surface area contributed by atoms with Crippen molar-refractivity contribution in [1.29, 1.82) is 0 Å². The highest BCUT2D eigenvalue weighted by Gasteiger charge is 2.29. The number of anilines is 1. The summed E-state index contributed by atoms with van der Waals surface area (Å²) < 4.78 is 11.1. The maximum atomic E-state index is 13.2. The number of ketones is 1. The van der Waals surface area contributed by atoms with E-state index in [1.165, 1.54) is 14.0 Å². The summed E-state index contributed by atoms with van der Waals surface area (Å²) in [7, 11) is 1.42. The Morgan fingerprint density at radius 2 is 1.77 bits per heavy atom. The van der Waals surface area contributed by atoms with Crippen LogP contribution in [0.5, 0.6) is 11.5 Å². The second-order valence-corrected chi connectivity index (χ2v) is 7.41. The molecule has 1 aromatic heterocycles. The van der Waals surface area contributed by atoms with Gasteiger partial charge in [0.2, 0.25) is 0 Å². The van der Waals surface area contributed by atoms with E-state index < -0.39 is 0 Å². The number of carbonyl (C=O) groups is 2. The van der Waals surface area contributed by atoms with Gasteiger partial charge < -0.3 is 24.1 Å². The molecule has 0 atom stereocenters. The van der Waals surface area contributed by atoms with E-state index in [0.29, 0.717) is 24.0 Å². The van der Waals surface area contributed by atoms with Gasteiger partial charge in [-0.05, 0) is 32.0 Å². The summed E-state index contributed by atoms with van der Waals surface area (Å²) in [6, 6.07) is 11.7. The number of hydrogen-bond acceptors (Lipinski definition) is 6. The number of furan rings is 1. The average Bonchev–Trinajstić information content (AvgIpc) is 3.09. The number of aryl methyl sites for hydroxylation is 1. The van der Waals surface area contributed by atoms with Crippen molar-refractivity contribution in [2.45, 2.75) is 13.8 Å². The molecule has 0 radical (unpaired) electrons. The summed E-state index contributed by atoms with van der Waals surface area (Å²) in [5.74, 6) is -0.493. The maximum absolute atomic E-state index is 13.2. The number of amides is 1. The third-order valence-electron chi connectivity index (χ3n) is 5.62. The third-order valence-corrected chi connectivity index (χ3v) is 5.62. The van der Waals surface area contributed by atoms with Crippen molar-refractivity contribution in [3.63, 3.8) is 0 Å². The Labute approximate surface area is 174 Å². The summed E-state index contributed by atoms with van der Waals surface area (Å²) >= 11 is 0. The molecular formula is C23H24N2O5. The van der Waals surface area contributed by atoms with Crippen LogP contribution in [0.25, 0.3) is 11.0 Å². The predicted octanol–water partition coefficient (Wildman–Crippen LogP) is 3.62. The molecule has 4 rings (SSSR count). The van der Waals surface area contributed by atoms with Crippen LogP contribution in [0.3, 0.4) is 0 Å². The number of benzene rings is 2. The summed E-state index contributed by atoms with van der Waals surface area (Å²) in [6.07, 6.45) is 0. The van der Waals surface area contributed by atoms with E-state index >= 15 is 0 Å². The molecule has 3 aromatic rings. The number of Topliss-reactive ketones (excluding diaryl/α,β-unsaturated/α-hetero) is 1. The molecule has 2 heterocycles. The molecule has 156 valence electrons. The number of rotatable bonds is 4. The van der Waals surface area contributed by atoms with Gasteiger partial charge >= 0.3 is 0 Å². The van der Waals surface area contributed by atoms with Gasteiger partial charge in [0.15, 0.2) is 23.0 Å². The van der Waals surface area contributed by atoms with Gasteiger partial charge in [-0.25, -0.2) is 0 Å². The lowest BCUT2D eigenvalue weighted by atomic mass is 10.0. The zero-order chi connectivity index (χ0) is 21.4. The van der Waals surface area contributed by atoms with Crippen LogP contribution in [0.1, 0.15) is 33.4 Å². The average molecular weight is 408 g/mol. The molecule has 1 amide bonds. The largest absolute Gasteiger partial charge is 0.504 e. The number of ether oxygens (including phenoxy) is 1. The van der Waals surface area contributed by atoms with E-state index in [-0.39, 0.29) is 40.1 Å². The first-order valence-corrected chi connectivity index (χ1v) is 9.85. The summed E-state index contributed by atoms with van der Waals surface area (Å²) in [5.41, 5.74) is 2.00. The fraction of sp³-hybridized carbons (Fsp3) is 0.304. The Bertz CT molecular complexity index is 1110. The summed E-state index contributed by atoms with van der Waals surface area (Å²) in [6.45, 7) is 5.71. The molecule has 30 heavy (non-hydrogen) atoms. The van der Waals surface area contributed by atoms with Crippen LogP contribution < -0.4 is 9.64 Å². The van der Waals surface area contributed by atoms with Crippen LogP contribution in [-0.4, -0.2) is 55.0 Å². The molecule has 0 spiro atoms. The van der Waals surface area contributed by atoms with Gasteiger partial charge in [-0.3, -0.25) is 9.59 Å². The molecule has 2 aromatic carbocycles. The van der Waals surface area contributed by atoms with Gasteiger partial charge in [-0.2, -0.15) is 0 Å². The van der Waals surface area contributed by atoms with Crippen LogP contribution in [0.15, 0.2) is 40.8 Å². The zero-order valence-corrected chi connectivity index (χ0v) is 17.3. The number of fused-ring (bicyclic) bond motifs is 1. The number of piperazine rings is 1. The predicted molar refractivity (Wildman–Crippen MR) is 114 cm³/mol. The van der Waals surface area contributed by atoms with Gasteiger partial charge in [0.25, 0.3) is 5.91 Å². The van der Waals surface area contributed by atoms with Crippen molar-refractivity contribution in [2.75, 3.05) is 38.2 Å². The normalized spacial score (nSPS) is 14.2. The highest BCUT2D eigenvalue weighted by atomic mass is 16.5. The fourth-order valence-electron chi connectivity index (χ4n) is 3.95. The van der Waals surface area contributed by atoms with E-state index in [4.69, 9.17) is 9.15 Å². The lowest BCUT2D eigenvalue weighted by Gasteiger charge is -2.35. The van der Waals surface area contributed by atoms with E-state index in [9.17, 15) is 14.7 Å². The first-order chi connectivity index (χ1) is 14.4. The van der Waals surface area contributed by atoms with Crippen LogP contribution in [-0.2, 0) is 0 Å². The van der Waals surface area contributed by atoms with Crippen LogP contribution in [0.2, 0.25) is 0 Å². The Balaban J connectivity index is 1.64. The van der Waals surface area contributed by atoms with Crippen molar-refractivity contribution >= 4 is 28.3 Å². The van der Waals surface area contributed by atoms with Gasteiger partial charge in [0, 0.05) is 42.8 Å². The lowest BCUT2D eigenvalue weighted by molar-refractivity contribution is 0.0715. The molecule has 1 fully saturated rings. The summed E-state index contributed by atoms with van der Waals surface area (Å²) in [4.78, 5) is 29.3. The van der Waals surface area contributed by atoms with E-state index in [0.717, 1.165) is 18.8 Å². The van der Waals surface area contributed by atoms with E-state index in [1.807, 2.05) is 18.2 Å². The minimum atomic E-state index is -0.361. The number of aromatic hydroxyl groups is 1. The standard InChI is InChI=1S/C23H24N2O5/c1-14-17-13-18(29-3)20(27)19(15(2)26)22(17)30-21(14)23(28)25-11-9-24(10-12-25)16-7-5-4-6-8-16/h4-8,13,27H,9-12H2,1-3H3. The molecule has 1 aliphatic heterocycles. The molecule has 1 saturated heterocycles. The Morgan fingerprint density at radius 3 is 2.37 bits per heavy atom. The van der Waals surface area contributed by atoms with Crippen molar-refractivity contribution in [2.24, 2.45) is 0 Å². The van der Waals surface area contributed by atoms with Crippen molar-refractivity contribution in [3.05, 3.63) is 53.3 Å². The number of nitrogens with zero attached hydrogens (tertiary/aromatic N) is 2. The number of hydrogen-bond donors (Lipinski definition) is 1. The van der Waals surface area contributed by atoms with Gasteiger partial charge in [-0.15, -0.1) is 0 Å². The molecule has 0 aliphatic carbocycles. The van der Waals surface area contributed by atoms with Crippen LogP contribution in [0, 0.1) is 6.92 Å². The smallest absolute Gasteiger partial charge is 0.290 e. The Kier molecular flexibility index (Phi) is 5.11. The quantitative estimate of drug-likeness (QED) is 0.664. The lowest BCUT2D eigenvalue weighted by Crippen LogP contribution is -2.48. The van der Waals surface area contributed by atoms with Crippen molar-refractivity contribution in [1.82, 2.24) is 4.90 Å². The number of phenols is 1. The third kappa shape index (κ3) is 3.26. The van der Waals surface area contributed by atoms with Gasteiger partial charge in [0.1, 0.15) is 11.1 Å². The fourth-order valence-corrected chi connectivity index (χ4v) is 3.95. The summed E-state index contributed by atoms with van der Waals surface area (Å²) in [5, 5.41) is 11.0. The molecule has 0 saturated carbocycles. The molecule has 7 heteroatoms. The minimum absolute atomic E-state index is 0.0281. The molecule has 1 aliphatic rings. The first-order valence-electron chi connectivity index (χ1n) is 9.85. The van der Waals surface area contributed by atoms with Crippen molar-refractivity contribution in [3.8, 4) is 11.5 Å². The minimum Gasteiger partial charge on any atom is -0.504 e. The molecule has 7 nitrogen and oxygen atoms in total. The molecule has 1 N–H and O–H groups in total. The van der Waals surface area contributed by atoms with Crippen LogP contribution >= 0.6 is 0 Å². The number of para-hydroxylation sites is 1. The Hall–Kier alpha value is -3.48. The number of phenolic OH excluding ortho intramolecular Hbond substituents is 1. The number of methoxy groups -OCH3 is 1. The van der Waals surface area contributed by atoms with Crippen molar-refractivity contribution < 1.29 is 23.8 Å².